The Kier molecular flexibility index (Phi) is 5.22. The Labute approximate surface area is 99.6 Å². The number of hydrogen-bond donors (Lipinski definition) is 2. The zero-order valence-corrected chi connectivity index (χ0v) is 11.1. The zero-order valence-electron chi connectivity index (χ0n) is 11.1. The first-order chi connectivity index (χ1) is 7.46. The molecule has 0 aromatic heterocycles. The second kappa shape index (κ2) is 5.99. The van der Waals surface area contributed by atoms with Gasteiger partial charge in [0.2, 0.25) is 0 Å². The summed E-state index contributed by atoms with van der Waals surface area (Å²) in [6.45, 7) is 10.6. The standard InChI is InChI=1S/C13H27NO2/c1-10(2)13(5-6-13)9-14-7-12(15)8-16-11(3)4/h10-12,14-15H,5-9H2,1-4H3. The van der Waals surface area contributed by atoms with Crippen molar-refractivity contribution in [3.63, 3.8) is 0 Å². The maximum absolute atomic E-state index is 9.67. The van der Waals surface area contributed by atoms with E-state index in [1.54, 1.807) is 0 Å². The molecule has 1 rings (SSSR count). The maximum Gasteiger partial charge on any atom is 0.0897 e. The number of aliphatic hydroxyl groups is 1. The van der Waals surface area contributed by atoms with Crippen LogP contribution in [0.1, 0.15) is 40.5 Å². The van der Waals surface area contributed by atoms with E-state index in [1.807, 2.05) is 13.8 Å². The summed E-state index contributed by atoms with van der Waals surface area (Å²) in [6, 6.07) is 0. The Balaban J connectivity index is 2.07. The molecule has 0 amide bonds. The Bertz CT molecular complexity index is 200. The molecule has 96 valence electrons. The average molecular weight is 229 g/mol. The number of rotatable bonds is 8. The smallest absolute Gasteiger partial charge is 0.0897 e. The molecule has 1 atom stereocenters. The van der Waals surface area contributed by atoms with Gasteiger partial charge in [0.15, 0.2) is 0 Å². The molecular weight excluding hydrogens is 202 g/mol. The molecule has 0 radical (unpaired) electrons. The lowest BCUT2D eigenvalue weighted by molar-refractivity contribution is 0.00584. The predicted molar refractivity (Wildman–Crippen MR) is 66.5 cm³/mol. The summed E-state index contributed by atoms with van der Waals surface area (Å²) in [7, 11) is 0. The first-order valence-electron chi connectivity index (χ1n) is 6.46. The van der Waals surface area contributed by atoms with E-state index in [1.165, 1.54) is 12.8 Å². The SMILES string of the molecule is CC(C)OCC(O)CNCC1(C(C)C)CC1. The van der Waals surface area contributed by atoms with Crippen LogP contribution in [0.2, 0.25) is 0 Å². The molecule has 1 aliphatic carbocycles. The average Bonchev–Trinajstić information content (AvgIpc) is 2.96. The molecule has 0 aromatic carbocycles. The van der Waals surface area contributed by atoms with Crippen LogP contribution in [-0.2, 0) is 4.74 Å². The molecule has 2 N–H and O–H groups in total. The van der Waals surface area contributed by atoms with Crippen LogP contribution in [0.4, 0.5) is 0 Å². The quantitative estimate of drug-likeness (QED) is 0.667. The van der Waals surface area contributed by atoms with Gasteiger partial charge in [0.05, 0.1) is 18.8 Å². The predicted octanol–water partition coefficient (Wildman–Crippen LogP) is 1.80. The van der Waals surface area contributed by atoms with Gasteiger partial charge in [0, 0.05) is 13.1 Å². The molecule has 3 nitrogen and oxygen atoms in total. The third-order valence-corrected chi connectivity index (χ3v) is 3.60. The summed E-state index contributed by atoms with van der Waals surface area (Å²) in [5, 5.41) is 13.0. The summed E-state index contributed by atoms with van der Waals surface area (Å²) in [6.07, 6.45) is 2.47. The van der Waals surface area contributed by atoms with E-state index in [-0.39, 0.29) is 12.2 Å². The van der Waals surface area contributed by atoms with E-state index >= 15 is 0 Å². The topological polar surface area (TPSA) is 41.5 Å². The van der Waals surface area contributed by atoms with Gasteiger partial charge in [-0.3, -0.25) is 0 Å². The highest BCUT2D eigenvalue weighted by molar-refractivity contribution is 4.97. The van der Waals surface area contributed by atoms with Gasteiger partial charge in [-0.15, -0.1) is 0 Å². The van der Waals surface area contributed by atoms with Crippen LogP contribution in [0.3, 0.4) is 0 Å². The molecule has 0 spiro atoms. The minimum atomic E-state index is -0.384. The normalized spacial score (nSPS) is 20.4. The summed E-state index contributed by atoms with van der Waals surface area (Å²) in [4.78, 5) is 0. The maximum atomic E-state index is 9.67. The first-order valence-corrected chi connectivity index (χ1v) is 6.46. The number of aliphatic hydroxyl groups excluding tert-OH is 1. The molecule has 0 aromatic rings. The fraction of sp³-hybridized carbons (Fsp3) is 1.00. The van der Waals surface area contributed by atoms with Crippen molar-refractivity contribution in [3.8, 4) is 0 Å². The highest BCUT2D eigenvalue weighted by Gasteiger charge is 2.44. The van der Waals surface area contributed by atoms with Crippen molar-refractivity contribution in [2.75, 3.05) is 19.7 Å². The van der Waals surface area contributed by atoms with Crippen LogP contribution in [0.15, 0.2) is 0 Å². The Morgan fingerprint density at radius 3 is 2.31 bits per heavy atom. The molecule has 1 aliphatic rings. The lowest BCUT2D eigenvalue weighted by Crippen LogP contribution is -2.36. The van der Waals surface area contributed by atoms with E-state index in [0.717, 1.165) is 12.5 Å². The minimum Gasteiger partial charge on any atom is -0.389 e. The highest BCUT2D eigenvalue weighted by Crippen LogP contribution is 2.51. The van der Waals surface area contributed by atoms with Crippen molar-refractivity contribution in [1.29, 1.82) is 0 Å². The van der Waals surface area contributed by atoms with Crippen molar-refractivity contribution in [1.82, 2.24) is 5.32 Å². The largest absolute Gasteiger partial charge is 0.389 e. The molecular formula is C13H27NO2. The second-order valence-corrected chi connectivity index (χ2v) is 5.68. The van der Waals surface area contributed by atoms with Crippen LogP contribution in [-0.4, -0.2) is 37.0 Å². The number of ether oxygens (including phenoxy) is 1. The van der Waals surface area contributed by atoms with Crippen molar-refractivity contribution in [3.05, 3.63) is 0 Å². The van der Waals surface area contributed by atoms with Gasteiger partial charge in [-0.2, -0.15) is 0 Å². The van der Waals surface area contributed by atoms with Crippen molar-refractivity contribution < 1.29 is 9.84 Å². The van der Waals surface area contributed by atoms with Crippen LogP contribution < -0.4 is 5.32 Å². The first kappa shape index (κ1) is 13.9. The summed E-state index contributed by atoms with van der Waals surface area (Å²) in [5.74, 6) is 0.740. The van der Waals surface area contributed by atoms with Gasteiger partial charge in [-0.05, 0) is 38.0 Å². The summed E-state index contributed by atoms with van der Waals surface area (Å²) in [5.41, 5.74) is 0.513. The Hall–Kier alpha value is -0.120. The minimum absolute atomic E-state index is 0.195. The third kappa shape index (κ3) is 4.40. The summed E-state index contributed by atoms with van der Waals surface area (Å²) < 4.78 is 5.36. The molecule has 1 fully saturated rings. The Morgan fingerprint density at radius 2 is 1.88 bits per heavy atom. The zero-order chi connectivity index (χ0) is 12.2. The van der Waals surface area contributed by atoms with E-state index in [0.29, 0.717) is 18.6 Å². The van der Waals surface area contributed by atoms with E-state index in [4.69, 9.17) is 4.74 Å². The summed E-state index contributed by atoms with van der Waals surface area (Å²) >= 11 is 0. The van der Waals surface area contributed by atoms with Gasteiger partial charge >= 0.3 is 0 Å². The van der Waals surface area contributed by atoms with Crippen molar-refractivity contribution in [2.24, 2.45) is 11.3 Å². The van der Waals surface area contributed by atoms with Crippen LogP contribution in [0.5, 0.6) is 0 Å². The monoisotopic (exact) mass is 229 g/mol. The van der Waals surface area contributed by atoms with E-state index in [2.05, 4.69) is 19.2 Å². The van der Waals surface area contributed by atoms with Gasteiger partial charge in [0.25, 0.3) is 0 Å². The van der Waals surface area contributed by atoms with Crippen molar-refractivity contribution in [2.45, 2.75) is 52.7 Å². The van der Waals surface area contributed by atoms with Gasteiger partial charge in [-0.1, -0.05) is 13.8 Å². The van der Waals surface area contributed by atoms with Gasteiger partial charge < -0.3 is 15.2 Å². The number of nitrogens with one attached hydrogen (secondary N) is 1. The Morgan fingerprint density at radius 1 is 1.25 bits per heavy atom. The molecule has 0 heterocycles. The van der Waals surface area contributed by atoms with Gasteiger partial charge in [0.1, 0.15) is 0 Å². The molecule has 1 unspecified atom stereocenters. The molecule has 0 aliphatic heterocycles. The lowest BCUT2D eigenvalue weighted by atomic mass is 9.92. The highest BCUT2D eigenvalue weighted by atomic mass is 16.5. The molecule has 0 saturated heterocycles. The van der Waals surface area contributed by atoms with E-state index in [9.17, 15) is 5.11 Å². The van der Waals surface area contributed by atoms with Crippen LogP contribution in [0.25, 0.3) is 0 Å². The molecule has 16 heavy (non-hydrogen) atoms. The molecule has 3 heteroatoms. The van der Waals surface area contributed by atoms with Crippen molar-refractivity contribution >= 4 is 0 Å². The van der Waals surface area contributed by atoms with E-state index < -0.39 is 0 Å². The fourth-order valence-corrected chi connectivity index (χ4v) is 1.97. The molecule has 1 saturated carbocycles. The number of hydrogen-bond acceptors (Lipinski definition) is 3. The lowest BCUT2D eigenvalue weighted by Gasteiger charge is -2.21. The van der Waals surface area contributed by atoms with Gasteiger partial charge in [-0.25, -0.2) is 0 Å². The molecule has 0 bridgehead atoms. The second-order valence-electron chi connectivity index (χ2n) is 5.68. The third-order valence-electron chi connectivity index (χ3n) is 3.60. The fourth-order valence-electron chi connectivity index (χ4n) is 1.97. The van der Waals surface area contributed by atoms with Crippen LogP contribution in [0, 0.1) is 11.3 Å². The van der Waals surface area contributed by atoms with Crippen LogP contribution >= 0.6 is 0 Å².